The van der Waals surface area contributed by atoms with E-state index in [1.54, 1.807) is 0 Å². The Morgan fingerprint density at radius 2 is 1.81 bits per heavy atom. The topological polar surface area (TPSA) is 153 Å². The number of aliphatic hydroxyl groups is 1. The lowest BCUT2D eigenvalue weighted by atomic mass is 9.85. The second kappa shape index (κ2) is 16.7. The Kier molecular flexibility index (Phi) is 13.2. The van der Waals surface area contributed by atoms with Crippen LogP contribution >= 0.6 is 15.9 Å². The molecule has 0 saturated carbocycles. The third-order valence-electron chi connectivity index (χ3n) is 12.1. The number of carbonyl (C=O) groups is 2. The fourth-order valence-electron chi connectivity index (χ4n) is 7.94. The van der Waals surface area contributed by atoms with Crippen LogP contribution in [0.2, 0.25) is 18.1 Å². The van der Waals surface area contributed by atoms with Crippen LogP contribution in [-0.4, -0.2) is 84.9 Å². The molecule has 1 aromatic carbocycles. The van der Waals surface area contributed by atoms with Crippen molar-refractivity contribution in [2.24, 2.45) is 17.8 Å². The number of non-ortho nitro benzene ring substituents is 1. The maximum absolute atomic E-state index is 14.5. The van der Waals surface area contributed by atoms with Crippen molar-refractivity contribution < 1.29 is 47.7 Å². The number of fused-ring (bicyclic) bond motifs is 1. The van der Waals surface area contributed by atoms with E-state index in [1.165, 1.54) is 24.3 Å². The van der Waals surface area contributed by atoms with E-state index in [0.29, 0.717) is 49.4 Å². The van der Waals surface area contributed by atoms with Crippen molar-refractivity contribution in [3.63, 3.8) is 0 Å². The number of Topliss-reactive ketones (excluding diaryl/α,β-unsaturated/α-hetero) is 1. The normalized spacial score (nSPS) is 31.9. The molecule has 4 aliphatic heterocycles. The molecule has 12 nitrogen and oxygen atoms in total. The predicted octanol–water partition coefficient (Wildman–Crippen LogP) is 8.16. The lowest BCUT2D eigenvalue weighted by molar-refractivity contribution is -0.384. The van der Waals surface area contributed by atoms with Crippen LogP contribution in [-0.2, 0) is 32.9 Å². The van der Waals surface area contributed by atoms with Gasteiger partial charge in [0, 0.05) is 67.2 Å². The molecule has 4 aliphatic rings. The number of ether oxygens (including phenoxy) is 5. The first kappa shape index (κ1) is 42.8. The van der Waals surface area contributed by atoms with Crippen molar-refractivity contribution in [2.75, 3.05) is 6.61 Å². The van der Waals surface area contributed by atoms with Gasteiger partial charge in [-0.2, -0.15) is 0 Å². The van der Waals surface area contributed by atoms with Crippen molar-refractivity contribution in [3.8, 4) is 0 Å². The Morgan fingerprint density at radius 1 is 1.13 bits per heavy atom. The molecule has 0 radical (unpaired) electrons. The molecule has 2 spiro atoms. The highest BCUT2D eigenvalue weighted by atomic mass is 79.9. The Bertz CT molecular complexity index is 1580. The third-order valence-corrected chi connectivity index (χ3v) is 17.0. The lowest BCUT2D eigenvalue weighted by Crippen LogP contribution is -2.53. The highest BCUT2D eigenvalue weighted by Crippen LogP contribution is 2.53. The summed E-state index contributed by atoms with van der Waals surface area (Å²) >= 11 is 3.58. The Morgan fingerprint density at radius 3 is 2.43 bits per heavy atom. The number of esters is 1. The van der Waals surface area contributed by atoms with Gasteiger partial charge in [0.25, 0.3) is 5.69 Å². The molecule has 3 saturated heterocycles. The van der Waals surface area contributed by atoms with Gasteiger partial charge < -0.3 is 33.2 Å². The van der Waals surface area contributed by atoms with E-state index in [0.717, 1.165) is 0 Å². The molecule has 0 aromatic heterocycles. The number of nitrogens with zero attached hydrogens (tertiary/aromatic N) is 1. The molecule has 1 N–H and O–H groups in total. The summed E-state index contributed by atoms with van der Waals surface area (Å²) in [7, 11) is -2.20. The van der Waals surface area contributed by atoms with Gasteiger partial charge in [-0.3, -0.25) is 14.9 Å². The van der Waals surface area contributed by atoms with Crippen LogP contribution < -0.4 is 0 Å². The van der Waals surface area contributed by atoms with Crippen molar-refractivity contribution in [1.29, 1.82) is 0 Å². The average molecular weight is 837 g/mol. The molecule has 14 heteroatoms. The zero-order chi connectivity index (χ0) is 39.8. The van der Waals surface area contributed by atoms with Gasteiger partial charge >= 0.3 is 5.97 Å². The summed E-state index contributed by atoms with van der Waals surface area (Å²) in [6, 6.07) is 5.11. The van der Waals surface area contributed by atoms with E-state index in [4.69, 9.17) is 28.1 Å². The standard InChI is InChI=1S/C40H58BrNO11Si/c1-24(21-25(2)35(27(4)41)52-54(8,9)38(5,6)7)34(44)36(49-37(45)28-12-14-29(15-13-28)42(46)47)33-23-32-31(48-33)22-26(3)40(51-32)19-18-39(53-40)17-10-11-30(50-39)16-20-43/h10-15,24-26,30-33,35-36,43H,4,16-23H2,1-3,5-9H3/t24-,25+,26-,30+,31-,32-,33+,35+,36-,39+,40-/m1/s1. The number of halogens is 1. The molecule has 11 atom stereocenters. The minimum Gasteiger partial charge on any atom is -0.448 e. The summed E-state index contributed by atoms with van der Waals surface area (Å²) in [4.78, 5) is 38.8. The largest absolute Gasteiger partial charge is 0.448 e. The third kappa shape index (κ3) is 9.28. The molecule has 0 amide bonds. The first-order chi connectivity index (χ1) is 25.2. The SMILES string of the molecule is C=C(Br)[C@@H](O[Si](C)(C)C(C)(C)C)[C@@H](C)C[C@@H](C)C(=O)[C@H](OC(=O)c1ccc([N+](=O)[O-])cc1)[C@@H]1C[C@H]2O[C@@]3(CC[C@]4(CC=C[C@@H](CCO)O4)O3)[C@H](C)C[C@H]2O1. The van der Waals surface area contributed by atoms with Crippen LogP contribution in [0.25, 0.3) is 0 Å². The van der Waals surface area contributed by atoms with E-state index in [1.807, 2.05) is 26.0 Å². The molecule has 0 bridgehead atoms. The minimum absolute atomic E-state index is 0.00882. The molecule has 0 aliphatic carbocycles. The molecule has 3 fully saturated rings. The zero-order valence-electron chi connectivity index (χ0n) is 32.9. The molecular formula is C40H58BrNO11Si. The monoisotopic (exact) mass is 835 g/mol. The fraction of sp³-hybridized carbons (Fsp3) is 0.700. The fourth-order valence-corrected chi connectivity index (χ4v) is 10.0. The second-order valence-electron chi connectivity index (χ2n) is 17.3. The highest BCUT2D eigenvalue weighted by molar-refractivity contribution is 9.11. The maximum atomic E-state index is 14.5. The number of hydrogen-bond acceptors (Lipinski definition) is 11. The van der Waals surface area contributed by atoms with Crippen LogP contribution in [0.15, 0.2) is 47.5 Å². The van der Waals surface area contributed by atoms with Crippen molar-refractivity contribution in [3.05, 3.63) is 63.2 Å². The zero-order valence-corrected chi connectivity index (χ0v) is 35.5. The van der Waals surface area contributed by atoms with E-state index >= 15 is 0 Å². The maximum Gasteiger partial charge on any atom is 0.338 e. The van der Waals surface area contributed by atoms with Crippen LogP contribution in [0.4, 0.5) is 5.69 Å². The smallest absolute Gasteiger partial charge is 0.338 e. The summed E-state index contributed by atoms with van der Waals surface area (Å²) in [5, 5.41) is 20.7. The summed E-state index contributed by atoms with van der Waals surface area (Å²) in [5.74, 6) is -3.53. The summed E-state index contributed by atoms with van der Waals surface area (Å²) < 4.78 is 39.9. The van der Waals surface area contributed by atoms with Gasteiger partial charge in [-0.25, -0.2) is 4.79 Å². The number of carbonyl (C=O) groups excluding carboxylic acids is 2. The van der Waals surface area contributed by atoms with E-state index in [2.05, 4.69) is 63.3 Å². The van der Waals surface area contributed by atoms with Gasteiger partial charge in [-0.1, -0.05) is 76.2 Å². The van der Waals surface area contributed by atoms with Crippen molar-refractivity contribution in [2.45, 2.75) is 153 Å². The number of ketones is 1. The first-order valence-corrected chi connectivity index (χ1v) is 22.9. The Balaban J connectivity index is 1.35. The van der Waals surface area contributed by atoms with E-state index in [-0.39, 0.29) is 58.8 Å². The van der Waals surface area contributed by atoms with Gasteiger partial charge in [-0.05, 0) is 49.0 Å². The van der Waals surface area contributed by atoms with E-state index in [9.17, 15) is 24.8 Å². The number of nitro benzene ring substituents is 1. The minimum atomic E-state index is -2.20. The van der Waals surface area contributed by atoms with Crippen LogP contribution in [0.1, 0.15) is 96.8 Å². The number of nitro groups is 1. The number of aliphatic hydroxyl groups excluding tert-OH is 1. The van der Waals surface area contributed by atoms with Crippen molar-refractivity contribution >= 4 is 41.7 Å². The number of benzene rings is 1. The Labute approximate surface area is 328 Å². The number of rotatable bonds is 14. The van der Waals surface area contributed by atoms with Gasteiger partial charge in [0.1, 0.15) is 6.10 Å². The summed E-state index contributed by atoms with van der Waals surface area (Å²) in [5.41, 5.74) is -0.0784. The van der Waals surface area contributed by atoms with Crippen molar-refractivity contribution in [1.82, 2.24) is 0 Å². The molecule has 54 heavy (non-hydrogen) atoms. The van der Waals surface area contributed by atoms with Crippen LogP contribution in [0, 0.1) is 27.9 Å². The highest BCUT2D eigenvalue weighted by Gasteiger charge is 2.61. The van der Waals surface area contributed by atoms with Gasteiger partial charge in [0.15, 0.2) is 31.8 Å². The second-order valence-corrected chi connectivity index (χ2v) is 23.0. The molecule has 0 unspecified atom stereocenters. The van der Waals surface area contributed by atoms with Gasteiger partial charge in [0.05, 0.1) is 34.9 Å². The summed E-state index contributed by atoms with van der Waals surface area (Å²) in [6.07, 6.45) is 4.24. The Hall–Kier alpha value is -2.30. The average Bonchev–Trinajstić information content (AvgIpc) is 3.66. The van der Waals surface area contributed by atoms with Crippen LogP contribution in [0.5, 0.6) is 0 Å². The van der Waals surface area contributed by atoms with E-state index < -0.39 is 55.0 Å². The molecule has 1 aromatic rings. The molecular weight excluding hydrogens is 778 g/mol. The van der Waals surface area contributed by atoms with Gasteiger partial charge in [-0.15, -0.1) is 0 Å². The number of hydrogen-bond donors (Lipinski definition) is 1. The molecule has 300 valence electrons. The first-order valence-electron chi connectivity index (χ1n) is 19.2. The van der Waals surface area contributed by atoms with Gasteiger partial charge in [0.2, 0.25) is 0 Å². The quantitative estimate of drug-likeness (QED) is 0.0635. The molecule has 5 rings (SSSR count). The van der Waals surface area contributed by atoms with Crippen LogP contribution in [0.3, 0.4) is 0 Å². The molecule has 4 heterocycles. The lowest BCUT2D eigenvalue weighted by Gasteiger charge is -2.46. The predicted molar refractivity (Wildman–Crippen MR) is 208 cm³/mol. The summed E-state index contributed by atoms with van der Waals surface area (Å²) in [6.45, 7) is 21.0.